The molecular formula is C15H27NO3. The molecule has 0 bridgehead atoms. The lowest BCUT2D eigenvalue weighted by Gasteiger charge is -2.22. The molecule has 1 atom stereocenters. The van der Waals surface area contributed by atoms with Crippen LogP contribution < -0.4 is 0 Å². The normalized spacial score (nSPS) is 19.1. The molecule has 2 amide bonds. The van der Waals surface area contributed by atoms with Gasteiger partial charge in [-0.25, -0.2) is 9.69 Å². The van der Waals surface area contributed by atoms with E-state index in [0.717, 1.165) is 12.8 Å². The maximum atomic E-state index is 12.1. The molecule has 4 nitrogen and oxygen atoms in total. The van der Waals surface area contributed by atoms with Crippen molar-refractivity contribution in [1.82, 2.24) is 4.90 Å². The quantitative estimate of drug-likeness (QED) is 0.631. The summed E-state index contributed by atoms with van der Waals surface area (Å²) in [5.41, 5.74) is 0. The first-order valence-corrected chi connectivity index (χ1v) is 7.56. The summed E-state index contributed by atoms with van der Waals surface area (Å²) < 4.78 is 4.99. The number of hydrogen-bond acceptors (Lipinski definition) is 3. The van der Waals surface area contributed by atoms with E-state index in [1.54, 1.807) is 0 Å². The second kappa shape index (κ2) is 8.18. The van der Waals surface area contributed by atoms with E-state index in [2.05, 4.69) is 6.92 Å². The van der Waals surface area contributed by atoms with Crippen molar-refractivity contribution in [2.24, 2.45) is 5.92 Å². The topological polar surface area (TPSA) is 46.6 Å². The van der Waals surface area contributed by atoms with Gasteiger partial charge in [0.15, 0.2) is 0 Å². The molecule has 110 valence electrons. The van der Waals surface area contributed by atoms with Crippen LogP contribution in [0.2, 0.25) is 0 Å². The molecule has 1 aliphatic rings. The summed E-state index contributed by atoms with van der Waals surface area (Å²) in [7, 11) is 0. The van der Waals surface area contributed by atoms with Crippen molar-refractivity contribution in [3.05, 3.63) is 0 Å². The Morgan fingerprint density at radius 2 is 1.89 bits per heavy atom. The minimum atomic E-state index is -0.463. The number of nitrogens with zero attached hydrogens (tertiary/aromatic N) is 1. The Balaban J connectivity index is 2.29. The van der Waals surface area contributed by atoms with Gasteiger partial charge in [-0.1, -0.05) is 52.9 Å². The zero-order valence-electron chi connectivity index (χ0n) is 12.5. The van der Waals surface area contributed by atoms with Crippen LogP contribution in [0.5, 0.6) is 0 Å². The molecule has 0 aliphatic carbocycles. The average Bonchev–Trinajstić information content (AvgIpc) is 2.75. The number of hydrogen-bond donors (Lipinski definition) is 0. The third-order valence-corrected chi connectivity index (χ3v) is 3.69. The zero-order valence-corrected chi connectivity index (χ0v) is 12.5. The van der Waals surface area contributed by atoms with Crippen molar-refractivity contribution < 1.29 is 14.3 Å². The molecule has 0 N–H and O–H groups in total. The maximum absolute atomic E-state index is 12.1. The summed E-state index contributed by atoms with van der Waals surface area (Å²) in [5, 5.41) is 0. The lowest BCUT2D eigenvalue weighted by atomic mass is 10.0. The van der Waals surface area contributed by atoms with Crippen molar-refractivity contribution in [3.63, 3.8) is 0 Å². The fourth-order valence-corrected chi connectivity index (χ4v) is 2.39. The van der Waals surface area contributed by atoms with Crippen LogP contribution in [0.4, 0.5) is 4.79 Å². The first kappa shape index (κ1) is 16.0. The van der Waals surface area contributed by atoms with E-state index in [9.17, 15) is 9.59 Å². The molecular weight excluding hydrogens is 242 g/mol. The molecule has 4 heteroatoms. The van der Waals surface area contributed by atoms with Crippen LogP contribution in [0.15, 0.2) is 0 Å². The molecule has 0 saturated carbocycles. The van der Waals surface area contributed by atoms with Gasteiger partial charge in [0.25, 0.3) is 0 Å². The lowest BCUT2D eigenvalue weighted by Crippen LogP contribution is -2.41. The van der Waals surface area contributed by atoms with E-state index >= 15 is 0 Å². The van der Waals surface area contributed by atoms with E-state index in [4.69, 9.17) is 4.74 Å². The second-order valence-corrected chi connectivity index (χ2v) is 5.67. The van der Waals surface area contributed by atoms with Crippen LogP contribution >= 0.6 is 0 Å². The predicted molar refractivity (Wildman–Crippen MR) is 74.8 cm³/mol. The van der Waals surface area contributed by atoms with Gasteiger partial charge < -0.3 is 4.74 Å². The van der Waals surface area contributed by atoms with Gasteiger partial charge in [0.1, 0.15) is 6.61 Å². The standard InChI is InChI=1S/C15H27NO3/c1-4-5-6-7-8-9-10-14(17)16-13(12(2)3)11-19-15(16)18/h12-13H,4-11H2,1-3H3/t13-/m1/s1. The van der Waals surface area contributed by atoms with Crippen LogP contribution in [0, 0.1) is 5.92 Å². The maximum Gasteiger partial charge on any atom is 0.416 e. The molecule has 0 radical (unpaired) electrons. The van der Waals surface area contributed by atoms with Crippen molar-refractivity contribution in [2.45, 2.75) is 71.8 Å². The number of carbonyl (C=O) groups excluding carboxylic acids is 2. The number of cyclic esters (lactones) is 1. The van der Waals surface area contributed by atoms with Gasteiger partial charge in [0.2, 0.25) is 5.91 Å². The lowest BCUT2D eigenvalue weighted by molar-refractivity contribution is -0.129. The van der Waals surface area contributed by atoms with E-state index in [0.29, 0.717) is 13.0 Å². The van der Waals surface area contributed by atoms with Crippen LogP contribution in [-0.2, 0) is 9.53 Å². The van der Waals surface area contributed by atoms with Gasteiger partial charge in [0.05, 0.1) is 6.04 Å². The highest BCUT2D eigenvalue weighted by molar-refractivity contribution is 5.93. The number of imide groups is 1. The number of carbonyl (C=O) groups is 2. The molecule has 1 aliphatic heterocycles. The molecule has 1 rings (SSSR count). The third kappa shape index (κ3) is 4.84. The van der Waals surface area contributed by atoms with Crippen molar-refractivity contribution in [1.29, 1.82) is 0 Å². The number of rotatable bonds is 8. The highest BCUT2D eigenvalue weighted by atomic mass is 16.6. The van der Waals surface area contributed by atoms with Crippen molar-refractivity contribution in [3.8, 4) is 0 Å². The Hall–Kier alpha value is -1.06. The van der Waals surface area contributed by atoms with Crippen molar-refractivity contribution >= 4 is 12.0 Å². The summed E-state index contributed by atoms with van der Waals surface area (Å²) >= 11 is 0. The Morgan fingerprint density at radius 1 is 1.26 bits per heavy atom. The second-order valence-electron chi connectivity index (χ2n) is 5.67. The minimum absolute atomic E-state index is 0.0725. The smallest absolute Gasteiger partial charge is 0.416 e. The fraction of sp³-hybridized carbons (Fsp3) is 0.867. The molecule has 0 aromatic rings. The summed E-state index contributed by atoms with van der Waals surface area (Å²) in [6.07, 6.45) is 6.86. The summed E-state index contributed by atoms with van der Waals surface area (Å²) in [5.74, 6) is 0.177. The largest absolute Gasteiger partial charge is 0.447 e. The molecule has 1 fully saturated rings. The molecule has 0 spiro atoms. The number of unbranched alkanes of at least 4 members (excludes halogenated alkanes) is 5. The highest BCUT2D eigenvalue weighted by Crippen LogP contribution is 2.21. The predicted octanol–water partition coefficient (Wildman–Crippen LogP) is 3.74. The van der Waals surface area contributed by atoms with Gasteiger partial charge in [-0.15, -0.1) is 0 Å². The first-order chi connectivity index (χ1) is 9.07. The Morgan fingerprint density at radius 3 is 2.53 bits per heavy atom. The zero-order chi connectivity index (χ0) is 14.3. The average molecular weight is 269 g/mol. The summed E-state index contributed by atoms with van der Waals surface area (Å²) in [6.45, 7) is 6.56. The van der Waals surface area contributed by atoms with E-state index in [1.807, 2.05) is 13.8 Å². The first-order valence-electron chi connectivity index (χ1n) is 7.56. The third-order valence-electron chi connectivity index (χ3n) is 3.69. The van der Waals surface area contributed by atoms with Crippen LogP contribution in [0.1, 0.15) is 65.7 Å². The van der Waals surface area contributed by atoms with E-state index < -0.39 is 6.09 Å². The van der Waals surface area contributed by atoms with Crippen molar-refractivity contribution in [2.75, 3.05) is 6.61 Å². The SMILES string of the molecule is CCCCCCCCC(=O)N1C(=O)OC[C@@H]1C(C)C. The molecule has 0 aromatic heterocycles. The Labute approximate surface area is 116 Å². The highest BCUT2D eigenvalue weighted by Gasteiger charge is 2.38. The number of amides is 2. The van der Waals surface area contributed by atoms with E-state index in [1.165, 1.54) is 30.6 Å². The van der Waals surface area contributed by atoms with Crippen LogP contribution in [0.3, 0.4) is 0 Å². The Kier molecular flexibility index (Phi) is 6.89. The molecule has 1 heterocycles. The molecule has 1 saturated heterocycles. The van der Waals surface area contributed by atoms with Gasteiger partial charge in [-0.2, -0.15) is 0 Å². The molecule has 0 unspecified atom stereocenters. The monoisotopic (exact) mass is 269 g/mol. The van der Waals surface area contributed by atoms with Gasteiger partial charge in [-0.3, -0.25) is 4.79 Å². The van der Waals surface area contributed by atoms with Crippen LogP contribution in [-0.4, -0.2) is 29.5 Å². The summed E-state index contributed by atoms with van der Waals surface area (Å²) in [6, 6.07) is -0.0832. The fourth-order valence-electron chi connectivity index (χ4n) is 2.39. The van der Waals surface area contributed by atoms with Gasteiger partial charge >= 0.3 is 6.09 Å². The minimum Gasteiger partial charge on any atom is -0.447 e. The summed E-state index contributed by atoms with van der Waals surface area (Å²) in [4.78, 5) is 25.0. The van der Waals surface area contributed by atoms with E-state index in [-0.39, 0.29) is 17.9 Å². The Bertz CT molecular complexity index is 302. The van der Waals surface area contributed by atoms with Gasteiger partial charge in [-0.05, 0) is 12.3 Å². The van der Waals surface area contributed by atoms with Crippen LogP contribution in [0.25, 0.3) is 0 Å². The van der Waals surface area contributed by atoms with Gasteiger partial charge in [0, 0.05) is 6.42 Å². The molecule has 0 aromatic carbocycles. The molecule has 19 heavy (non-hydrogen) atoms. The number of ether oxygens (including phenoxy) is 1.